The van der Waals surface area contributed by atoms with Gasteiger partial charge in [0.2, 0.25) is 0 Å². The van der Waals surface area contributed by atoms with Gasteiger partial charge in [-0.1, -0.05) is 0 Å². The average Bonchev–Trinajstić information content (AvgIpc) is 2.81. The molecule has 1 aromatic heterocycles. The van der Waals surface area contributed by atoms with E-state index in [-0.39, 0.29) is 0 Å². The van der Waals surface area contributed by atoms with Gasteiger partial charge in [-0.3, -0.25) is 4.90 Å². The van der Waals surface area contributed by atoms with Gasteiger partial charge in [-0.15, -0.1) is 0 Å². The van der Waals surface area contributed by atoms with Gasteiger partial charge in [-0.2, -0.15) is 0 Å². The highest BCUT2D eigenvalue weighted by Crippen LogP contribution is 2.25. The molecule has 2 atom stereocenters. The molecule has 0 aliphatic carbocycles. The molecule has 0 saturated carbocycles. The zero-order valence-corrected chi connectivity index (χ0v) is 9.32. The predicted molar refractivity (Wildman–Crippen MR) is 60.6 cm³/mol. The van der Waals surface area contributed by atoms with Crippen LogP contribution in [0.5, 0.6) is 0 Å². The fourth-order valence-corrected chi connectivity index (χ4v) is 2.40. The van der Waals surface area contributed by atoms with Crippen LogP contribution in [0.1, 0.15) is 31.5 Å². The van der Waals surface area contributed by atoms with Crippen molar-refractivity contribution >= 4 is 0 Å². The number of H-pyrrole nitrogens is 1. The van der Waals surface area contributed by atoms with E-state index in [9.17, 15) is 5.11 Å². The summed E-state index contributed by atoms with van der Waals surface area (Å²) in [4.78, 5) is 5.72. The summed E-state index contributed by atoms with van der Waals surface area (Å²) in [7, 11) is 0. The zero-order valence-electron chi connectivity index (χ0n) is 9.32. The van der Waals surface area contributed by atoms with Crippen molar-refractivity contribution in [3.63, 3.8) is 0 Å². The smallest absolute Gasteiger partial charge is 0.0471 e. The summed E-state index contributed by atoms with van der Waals surface area (Å²) in [6.07, 6.45) is 4.35. The number of aliphatic hydroxyl groups is 1. The topological polar surface area (TPSA) is 39.3 Å². The molecule has 1 aliphatic heterocycles. The van der Waals surface area contributed by atoms with E-state index in [2.05, 4.69) is 22.9 Å². The summed E-state index contributed by atoms with van der Waals surface area (Å²) >= 11 is 0. The van der Waals surface area contributed by atoms with E-state index < -0.39 is 0 Å². The third-order valence-electron chi connectivity index (χ3n) is 3.43. The van der Waals surface area contributed by atoms with Gasteiger partial charge in [0.15, 0.2) is 0 Å². The van der Waals surface area contributed by atoms with Crippen LogP contribution >= 0.6 is 0 Å². The van der Waals surface area contributed by atoms with E-state index >= 15 is 0 Å². The molecule has 1 saturated heterocycles. The first-order valence-electron chi connectivity index (χ1n) is 5.79. The van der Waals surface area contributed by atoms with E-state index in [4.69, 9.17) is 0 Å². The van der Waals surface area contributed by atoms with Crippen molar-refractivity contribution in [3.05, 3.63) is 24.0 Å². The lowest BCUT2D eigenvalue weighted by molar-refractivity contribution is 0.0924. The number of nitrogens with zero attached hydrogens (tertiary/aromatic N) is 1. The molecule has 84 valence electrons. The van der Waals surface area contributed by atoms with Crippen molar-refractivity contribution in [1.82, 2.24) is 9.88 Å². The third-order valence-corrected chi connectivity index (χ3v) is 3.43. The van der Waals surface area contributed by atoms with Crippen LogP contribution < -0.4 is 0 Å². The number of rotatable bonds is 3. The van der Waals surface area contributed by atoms with Crippen LogP contribution in [-0.2, 0) is 0 Å². The Kier molecular flexibility index (Phi) is 3.44. The molecule has 0 bridgehead atoms. The number of piperidine rings is 1. The minimum absolute atomic E-state index is 0.327. The molecule has 0 aromatic carbocycles. The zero-order chi connectivity index (χ0) is 10.7. The Morgan fingerprint density at radius 2 is 2.53 bits per heavy atom. The Labute approximate surface area is 91.1 Å². The summed E-state index contributed by atoms with van der Waals surface area (Å²) in [6.45, 7) is 4.73. The SMILES string of the molecule is C[C@H](c1ccc[nH]1)N1CCC[C@@H](CO)C1. The van der Waals surface area contributed by atoms with Crippen LogP contribution in [0.15, 0.2) is 18.3 Å². The highest BCUT2D eigenvalue weighted by atomic mass is 16.3. The standard InChI is InChI=1S/C12H20N2O/c1-10(12-5-2-6-13-12)14-7-3-4-11(8-14)9-15/h2,5-6,10-11,13,15H,3-4,7-9H2,1H3/t10-,11-/m1/s1. The molecular formula is C12H20N2O. The van der Waals surface area contributed by atoms with Gasteiger partial charge in [-0.25, -0.2) is 0 Å². The molecule has 0 amide bonds. The lowest BCUT2D eigenvalue weighted by atomic mass is 9.97. The highest BCUT2D eigenvalue weighted by molar-refractivity contribution is 5.08. The average molecular weight is 208 g/mol. The number of aromatic nitrogens is 1. The molecule has 0 unspecified atom stereocenters. The van der Waals surface area contributed by atoms with Crippen molar-refractivity contribution < 1.29 is 5.11 Å². The number of nitrogens with one attached hydrogen (secondary N) is 1. The first-order valence-corrected chi connectivity index (χ1v) is 5.79. The molecule has 2 N–H and O–H groups in total. The van der Waals surface area contributed by atoms with Gasteiger partial charge in [0.1, 0.15) is 0 Å². The Bertz CT molecular complexity index is 284. The van der Waals surface area contributed by atoms with E-state index in [1.165, 1.54) is 18.5 Å². The molecular weight excluding hydrogens is 188 g/mol. The maximum atomic E-state index is 9.19. The highest BCUT2D eigenvalue weighted by Gasteiger charge is 2.23. The number of likely N-dealkylation sites (tertiary alicyclic amines) is 1. The van der Waals surface area contributed by atoms with Crippen molar-refractivity contribution in [2.75, 3.05) is 19.7 Å². The summed E-state index contributed by atoms with van der Waals surface area (Å²) in [5, 5.41) is 9.19. The fraction of sp³-hybridized carbons (Fsp3) is 0.667. The Hall–Kier alpha value is -0.800. The first-order chi connectivity index (χ1) is 7.31. The van der Waals surface area contributed by atoms with Crippen LogP contribution in [-0.4, -0.2) is 34.7 Å². The molecule has 2 heterocycles. The summed E-state index contributed by atoms with van der Waals surface area (Å²) in [6, 6.07) is 4.61. The molecule has 2 rings (SSSR count). The van der Waals surface area contributed by atoms with Crippen molar-refractivity contribution in [2.45, 2.75) is 25.8 Å². The summed E-state index contributed by atoms with van der Waals surface area (Å²) < 4.78 is 0. The van der Waals surface area contributed by atoms with Crippen LogP contribution in [0.4, 0.5) is 0 Å². The van der Waals surface area contributed by atoms with Gasteiger partial charge in [0.05, 0.1) is 0 Å². The van der Waals surface area contributed by atoms with E-state index in [1.54, 1.807) is 0 Å². The molecule has 0 radical (unpaired) electrons. The van der Waals surface area contributed by atoms with E-state index in [0.717, 1.165) is 13.1 Å². The van der Waals surface area contributed by atoms with Crippen LogP contribution in [0.3, 0.4) is 0 Å². The molecule has 3 nitrogen and oxygen atoms in total. The third kappa shape index (κ3) is 2.41. The van der Waals surface area contributed by atoms with Gasteiger partial charge in [0, 0.05) is 31.1 Å². The Morgan fingerprint density at radius 3 is 3.20 bits per heavy atom. The molecule has 1 fully saturated rings. The van der Waals surface area contributed by atoms with Crippen molar-refractivity contribution in [3.8, 4) is 0 Å². The first kappa shape index (κ1) is 10.7. The molecule has 1 aromatic rings. The van der Waals surface area contributed by atoms with Crippen molar-refractivity contribution in [2.24, 2.45) is 5.92 Å². The van der Waals surface area contributed by atoms with Gasteiger partial charge < -0.3 is 10.1 Å². The second-order valence-electron chi connectivity index (χ2n) is 4.49. The molecule has 1 aliphatic rings. The number of hydrogen-bond acceptors (Lipinski definition) is 2. The van der Waals surface area contributed by atoms with Gasteiger partial charge in [-0.05, 0) is 44.4 Å². The van der Waals surface area contributed by atoms with Gasteiger partial charge in [0.25, 0.3) is 0 Å². The second-order valence-corrected chi connectivity index (χ2v) is 4.49. The predicted octanol–water partition coefficient (Wildman–Crippen LogP) is 1.78. The van der Waals surface area contributed by atoms with Gasteiger partial charge >= 0.3 is 0 Å². The Morgan fingerprint density at radius 1 is 1.67 bits per heavy atom. The lowest BCUT2D eigenvalue weighted by Crippen LogP contribution is -2.38. The Balaban J connectivity index is 1.98. The quantitative estimate of drug-likeness (QED) is 0.794. The normalized spacial score (nSPS) is 25.3. The van der Waals surface area contributed by atoms with Crippen molar-refractivity contribution in [1.29, 1.82) is 0 Å². The van der Waals surface area contributed by atoms with Crippen LogP contribution in [0.25, 0.3) is 0 Å². The van der Waals surface area contributed by atoms with E-state index in [0.29, 0.717) is 18.6 Å². The minimum atomic E-state index is 0.327. The maximum absolute atomic E-state index is 9.19. The summed E-state index contributed by atoms with van der Waals surface area (Å²) in [5.74, 6) is 0.469. The van der Waals surface area contributed by atoms with Crippen LogP contribution in [0, 0.1) is 5.92 Å². The summed E-state index contributed by atoms with van der Waals surface area (Å²) in [5.41, 5.74) is 1.27. The number of aromatic amines is 1. The fourth-order valence-electron chi connectivity index (χ4n) is 2.40. The molecule has 0 spiro atoms. The lowest BCUT2D eigenvalue weighted by Gasteiger charge is -2.35. The number of aliphatic hydroxyl groups excluding tert-OH is 1. The second kappa shape index (κ2) is 4.81. The van der Waals surface area contributed by atoms with E-state index in [1.807, 2.05) is 12.3 Å². The van der Waals surface area contributed by atoms with Crippen LogP contribution in [0.2, 0.25) is 0 Å². The maximum Gasteiger partial charge on any atom is 0.0471 e. The molecule has 3 heteroatoms. The largest absolute Gasteiger partial charge is 0.396 e. The monoisotopic (exact) mass is 208 g/mol. The minimum Gasteiger partial charge on any atom is -0.396 e. The molecule has 15 heavy (non-hydrogen) atoms. The number of hydrogen-bond donors (Lipinski definition) is 2.